The van der Waals surface area contributed by atoms with Crippen molar-refractivity contribution in [1.82, 2.24) is 15.5 Å². The number of ether oxygens (including phenoxy) is 1. The van der Waals surface area contributed by atoms with Crippen molar-refractivity contribution in [3.05, 3.63) is 11.7 Å². The fraction of sp³-hybridized carbons (Fsp3) is 0.786. The third-order valence-corrected chi connectivity index (χ3v) is 3.26. The van der Waals surface area contributed by atoms with Gasteiger partial charge in [0, 0.05) is 31.4 Å². The van der Waals surface area contributed by atoms with Gasteiger partial charge in [-0.2, -0.15) is 4.98 Å². The van der Waals surface area contributed by atoms with Crippen molar-refractivity contribution in [2.24, 2.45) is 0 Å². The van der Waals surface area contributed by atoms with E-state index in [1.807, 2.05) is 20.8 Å². The number of carbonyl (C=O) groups excluding carboxylic acids is 1. The van der Waals surface area contributed by atoms with Crippen LogP contribution in [0.3, 0.4) is 0 Å². The zero-order valence-corrected chi connectivity index (χ0v) is 12.4. The van der Waals surface area contributed by atoms with E-state index in [0.29, 0.717) is 31.1 Å². The summed E-state index contributed by atoms with van der Waals surface area (Å²) in [4.78, 5) is 16.0. The van der Waals surface area contributed by atoms with Gasteiger partial charge in [0.1, 0.15) is 0 Å². The van der Waals surface area contributed by atoms with Crippen LogP contribution in [0.15, 0.2) is 4.52 Å². The molecule has 1 N–H and O–H groups in total. The Morgan fingerprint density at radius 3 is 2.85 bits per heavy atom. The van der Waals surface area contributed by atoms with Crippen LogP contribution in [-0.2, 0) is 21.4 Å². The van der Waals surface area contributed by atoms with Gasteiger partial charge in [0.2, 0.25) is 11.8 Å². The highest BCUT2D eigenvalue weighted by molar-refractivity contribution is 5.76. The molecule has 112 valence electrons. The summed E-state index contributed by atoms with van der Waals surface area (Å²) < 4.78 is 10.6. The second-order valence-corrected chi connectivity index (χ2v) is 6.20. The maximum Gasteiger partial charge on any atom is 0.227 e. The number of hydrogen-bond acceptors (Lipinski definition) is 5. The van der Waals surface area contributed by atoms with Crippen LogP contribution < -0.4 is 5.32 Å². The van der Waals surface area contributed by atoms with E-state index in [-0.39, 0.29) is 17.4 Å². The zero-order chi connectivity index (χ0) is 14.6. The van der Waals surface area contributed by atoms with E-state index in [1.54, 1.807) is 0 Å². The minimum absolute atomic E-state index is 0.00370. The van der Waals surface area contributed by atoms with Gasteiger partial charge < -0.3 is 14.6 Å². The van der Waals surface area contributed by atoms with Crippen molar-refractivity contribution in [3.63, 3.8) is 0 Å². The first-order chi connectivity index (χ1) is 9.45. The summed E-state index contributed by atoms with van der Waals surface area (Å²) in [7, 11) is 0. The average molecular weight is 281 g/mol. The molecule has 6 nitrogen and oxygen atoms in total. The number of hydrogen-bond donors (Lipinski definition) is 1. The first kappa shape index (κ1) is 15.0. The lowest BCUT2D eigenvalue weighted by molar-refractivity contribution is -0.121. The molecule has 1 aliphatic heterocycles. The quantitative estimate of drug-likeness (QED) is 0.887. The minimum Gasteiger partial charge on any atom is -0.376 e. The number of rotatable bonds is 5. The highest BCUT2D eigenvalue weighted by atomic mass is 16.5. The summed E-state index contributed by atoms with van der Waals surface area (Å²) in [5.41, 5.74) is -0.135. The molecule has 0 aliphatic carbocycles. The van der Waals surface area contributed by atoms with Crippen molar-refractivity contribution in [2.75, 3.05) is 13.2 Å². The van der Waals surface area contributed by atoms with Crippen LogP contribution in [0.5, 0.6) is 0 Å². The Kier molecular flexibility index (Phi) is 4.75. The molecule has 2 rings (SSSR count). The lowest BCUT2D eigenvalue weighted by Gasteiger charge is -2.11. The number of carbonyl (C=O) groups is 1. The fourth-order valence-electron chi connectivity index (χ4n) is 2.00. The van der Waals surface area contributed by atoms with Gasteiger partial charge in [0.15, 0.2) is 5.82 Å². The Morgan fingerprint density at radius 2 is 2.25 bits per heavy atom. The summed E-state index contributed by atoms with van der Waals surface area (Å²) in [5.74, 6) is 1.19. The maximum atomic E-state index is 11.7. The van der Waals surface area contributed by atoms with Gasteiger partial charge >= 0.3 is 0 Å². The monoisotopic (exact) mass is 281 g/mol. The Balaban J connectivity index is 1.71. The molecule has 0 spiro atoms. The maximum absolute atomic E-state index is 11.7. The molecule has 6 heteroatoms. The van der Waals surface area contributed by atoms with Gasteiger partial charge in [-0.1, -0.05) is 25.9 Å². The SMILES string of the molecule is CC(C)(C)c1noc(CCC(=O)NC[C@@H]2CCCO2)n1. The van der Waals surface area contributed by atoms with Crippen LogP contribution in [0.2, 0.25) is 0 Å². The highest BCUT2D eigenvalue weighted by Crippen LogP contribution is 2.18. The second-order valence-electron chi connectivity index (χ2n) is 6.20. The molecule has 20 heavy (non-hydrogen) atoms. The first-order valence-electron chi connectivity index (χ1n) is 7.16. The largest absolute Gasteiger partial charge is 0.376 e. The number of amides is 1. The topological polar surface area (TPSA) is 77.2 Å². The predicted octanol–water partition coefficient (Wildman–Crippen LogP) is 1.59. The third kappa shape index (κ3) is 4.30. The number of aryl methyl sites for hydroxylation is 1. The first-order valence-corrected chi connectivity index (χ1v) is 7.16. The normalized spacial score (nSPS) is 19.2. The molecular formula is C14H23N3O3. The molecule has 1 aromatic rings. The van der Waals surface area contributed by atoms with Crippen LogP contribution in [0.1, 0.15) is 51.7 Å². The molecule has 1 fully saturated rings. The number of nitrogens with zero attached hydrogens (tertiary/aromatic N) is 2. The Morgan fingerprint density at radius 1 is 1.45 bits per heavy atom. The van der Waals surface area contributed by atoms with Gasteiger partial charge in [-0.15, -0.1) is 0 Å². The molecule has 0 radical (unpaired) electrons. The minimum atomic E-state index is -0.135. The molecule has 1 amide bonds. The lowest BCUT2D eigenvalue weighted by Crippen LogP contribution is -2.31. The van der Waals surface area contributed by atoms with Crippen molar-refractivity contribution in [3.8, 4) is 0 Å². The molecule has 1 atom stereocenters. The number of nitrogens with one attached hydrogen (secondary N) is 1. The third-order valence-electron chi connectivity index (χ3n) is 3.26. The van der Waals surface area contributed by atoms with E-state index < -0.39 is 0 Å². The van der Waals surface area contributed by atoms with Gasteiger partial charge in [-0.05, 0) is 12.8 Å². The van der Waals surface area contributed by atoms with Crippen molar-refractivity contribution >= 4 is 5.91 Å². The molecule has 1 saturated heterocycles. The summed E-state index contributed by atoms with van der Waals surface area (Å²) in [6.07, 6.45) is 3.12. The predicted molar refractivity (Wildman–Crippen MR) is 73.3 cm³/mol. The van der Waals surface area contributed by atoms with Crippen molar-refractivity contribution < 1.29 is 14.1 Å². The van der Waals surface area contributed by atoms with Crippen LogP contribution in [-0.4, -0.2) is 35.3 Å². The van der Waals surface area contributed by atoms with Crippen LogP contribution in [0.25, 0.3) is 0 Å². The Hall–Kier alpha value is -1.43. The molecule has 0 bridgehead atoms. The van der Waals surface area contributed by atoms with E-state index in [9.17, 15) is 4.79 Å². The second kappa shape index (κ2) is 6.35. The zero-order valence-electron chi connectivity index (χ0n) is 12.4. The summed E-state index contributed by atoms with van der Waals surface area (Å²) in [5, 5.41) is 6.81. The fourth-order valence-corrected chi connectivity index (χ4v) is 2.00. The van der Waals surface area contributed by atoms with Crippen molar-refractivity contribution in [2.45, 2.75) is 58.0 Å². The van der Waals surface area contributed by atoms with Gasteiger partial charge in [0.25, 0.3) is 0 Å². The molecule has 0 saturated carbocycles. The average Bonchev–Trinajstić information content (AvgIpc) is 3.04. The van der Waals surface area contributed by atoms with Gasteiger partial charge in [0.05, 0.1) is 6.10 Å². The molecule has 1 aliphatic rings. The number of aromatic nitrogens is 2. The molecular weight excluding hydrogens is 258 g/mol. The standard InChI is InChI=1S/C14H23N3O3/c1-14(2,3)13-16-12(20-17-13)7-6-11(18)15-9-10-5-4-8-19-10/h10H,4-9H2,1-3H3,(H,15,18)/t10-/m0/s1. The van der Waals surface area contributed by atoms with Gasteiger partial charge in [-0.25, -0.2) is 0 Å². The Labute approximate surface area is 119 Å². The van der Waals surface area contributed by atoms with E-state index in [4.69, 9.17) is 9.26 Å². The van der Waals surface area contributed by atoms with Crippen LogP contribution in [0.4, 0.5) is 0 Å². The molecule has 0 unspecified atom stereocenters. The van der Waals surface area contributed by atoms with Gasteiger partial charge in [-0.3, -0.25) is 4.79 Å². The molecule has 2 heterocycles. The summed E-state index contributed by atoms with van der Waals surface area (Å²) in [6, 6.07) is 0. The van der Waals surface area contributed by atoms with E-state index >= 15 is 0 Å². The lowest BCUT2D eigenvalue weighted by atomic mass is 9.96. The van der Waals surface area contributed by atoms with Crippen LogP contribution >= 0.6 is 0 Å². The van der Waals surface area contributed by atoms with E-state index in [0.717, 1.165) is 19.4 Å². The Bertz CT molecular complexity index is 445. The summed E-state index contributed by atoms with van der Waals surface area (Å²) >= 11 is 0. The summed E-state index contributed by atoms with van der Waals surface area (Å²) in [6.45, 7) is 7.47. The smallest absolute Gasteiger partial charge is 0.227 e. The van der Waals surface area contributed by atoms with E-state index in [1.165, 1.54) is 0 Å². The van der Waals surface area contributed by atoms with Crippen LogP contribution in [0, 0.1) is 0 Å². The molecule has 1 aromatic heterocycles. The van der Waals surface area contributed by atoms with Crippen molar-refractivity contribution in [1.29, 1.82) is 0 Å². The highest BCUT2D eigenvalue weighted by Gasteiger charge is 2.21. The van der Waals surface area contributed by atoms with E-state index in [2.05, 4.69) is 15.5 Å². The molecule has 0 aromatic carbocycles.